The molecule has 1 N–H and O–H groups in total. The van der Waals surface area contributed by atoms with Crippen molar-refractivity contribution in [1.82, 2.24) is 5.43 Å². The van der Waals surface area contributed by atoms with Crippen LogP contribution >= 0.6 is 23.2 Å². The van der Waals surface area contributed by atoms with Crippen LogP contribution in [-0.4, -0.2) is 27.1 Å². The molecule has 7 nitrogen and oxygen atoms in total. The van der Waals surface area contributed by atoms with E-state index in [0.29, 0.717) is 16.1 Å². The smallest absolute Gasteiger partial charge is 0.339 e. The largest absolute Gasteiger partial charge is 0.490 e. The zero-order chi connectivity index (χ0) is 24.0. The first-order chi connectivity index (χ1) is 15.7. The van der Waals surface area contributed by atoms with Crippen LogP contribution in [0.2, 0.25) is 10.0 Å². The van der Waals surface area contributed by atoms with E-state index >= 15 is 0 Å². The quantitative estimate of drug-likeness (QED) is 0.256. The number of benzene rings is 3. The van der Waals surface area contributed by atoms with E-state index in [1.807, 2.05) is 6.92 Å². The molecule has 0 heterocycles. The van der Waals surface area contributed by atoms with Crippen molar-refractivity contribution in [1.29, 1.82) is 0 Å². The lowest BCUT2D eigenvalue weighted by Gasteiger charge is -2.14. The Morgan fingerprint density at radius 1 is 1.09 bits per heavy atom. The first-order valence-electron chi connectivity index (χ1n) is 9.76. The molecule has 3 rings (SSSR count). The first kappa shape index (κ1) is 24.6. The number of hydrogen-bond donors (Lipinski definition) is 1. The maximum Gasteiger partial charge on any atom is 0.339 e. The number of rotatable bonds is 8. The van der Waals surface area contributed by atoms with Gasteiger partial charge in [0.25, 0.3) is 5.91 Å². The first-order valence-corrected chi connectivity index (χ1v) is 11.9. The van der Waals surface area contributed by atoms with Gasteiger partial charge in [-0.3, -0.25) is 4.79 Å². The minimum absolute atomic E-state index is 0.000690. The number of carbonyl (C=O) groups is 1. The van der Waals surface area contributed by atoms with Crippen LogP contribution in [0.4, 0.5) is 0 Å². The van der Waals surface area contributed by atoms with Crippen LogP contribution in [0.3, 0.4) is 0 Å². The third-order valence-electron chi connectivity index (χ3n) is 4.30. The second-order valence-corrected chi connectivity index (χ2v) is 9.21. The van der Waals surface area contributed by atoms with Gasteiger partial charge in [-0.05, 0) is 61.9 Å². The molecule has 0 aromatic heterocycles. The van der Waals surface area contributed by atoms with Crippen LogP contribution in [0.5, 0.6) is 11.5 Å². The third-order valence-corrected chi connectivity index (χ3v) is 6.05. The third kappa shape index (κ3) is 6.47. The number of halogens is 2. The number of nitrogens with one attached hydrogen (secondary N) is 1. The van der Waals surface area contributed by atoms with Crippen molar-refractivity contribution in [3.63, 3.8) is 0 Å². The molecule has 0 radical (unpaired) electrons. The Kier molecular flexibility index (Phi) is 7.97. The lowest BCUT2D eigenvalue weighted by Crippen LogP contribution is -2.17. The monoisotopic (exact) mass is 506 g/mol. The number of aryl methyl sites for hydroxylation is 1. The van der Waals surface area contributed by atoms with E-state index in [2.05, 4.69) is 10.5 Å². The molecule has 3 aromatic carbocycles. The second kappa shape index (κ2) is 10.7. The van der Waals surface area contributed by atoms with E-state index in [9.17, 15) is 13.2 Å². The molecule has 0 atom stereocenters. The van der Waals surface area contributed by atoms with Crippen LogP contribution in [-0.2, 0) is 10.1 Å². The summed E-state index contributed by atoms with van der Waals surface area (Å²) in [4.78, 5) is 12.2. The molecular formula is C23H20Cl2N2O5S. The van der Waals surface area contributed by atoms with Gasteiger partial charge in [-0.1, -0.05) is 47.0 Å². The van der Waals surface area contributed by atoms with Gasteiger partial charge >= 0.3 is 10.1 Å². The molecule has 10 heteroatoms. The van der Waals surface area contributed by atoms with Crippen LogP contribution in [0, 0.1) is 6.92 Å². The summed E-state index contributed by atoms with van der Waals surface area (Å²) >= 11 is 12.2. The number of amides is 1. The minimum atomic E-state index is -4.13. The lowest BCUT2D eigenvalue weighted by atomic mass is 10.2. The molecule has 0 fully saturated rings. The Hall–Kier alpha value is -3.07. The fraction of sp³-hybridized carbons (Fsp3) is 0.130. The maximum absolute atomic E-state index is 12.7. The highest BCUT2D eigenvalue weighted by Gasteiger charge is 2.22. The van der Waals surface area contributed by atoms with Crippen LogP contribution in [0.1, 0.15) is 28.4 Å². The summed E-state index contributed by atoms with van der Waals surface area (Å²) in [5, 5.41) is 4.34. The molecule has 0 bridgehead atoms. The van der Waals surface area contributed by atoms with Gasteiger partial charge in [0.1, 0.15) is 4.90 Å². The lowest BCUT2D eigenvalue weighted by molar-refractivity contribution is 0.0955. The number of hydrogen-bond acceptors (Lipinski definition) is 6. The van der Waals surface area contributed by atoms with Crippen LogP contribution < -0.4 is 14.3 Å². The number of carbonyl (C=O) groups excluding carboxylic acids is 1. The van der Waals surface area contributed by atoms with Gasteiger partial charge < -0.3 is 8.92 Å². The molecule has 172 valence electrons. The number of ether oxygens (including phenoxy) is 1. The topological polar surface area (TPSA) is 94.1 Å². The highest BCUT2D eigenvalue weighted by molar-refractivity contribution is 7.87. The summed E-state index contributed by atoms with van der Waals surface area (Å²) in [6.45, 7) is 3.82. The fourth-order valence-corrected chi connectivity index (χ4v) is 4.18. The Morgan fingerprint density at radius 3 is 2.48 bits per heavy atom. The molecule has 1 amide bonds. The molecule has 0 unspecified atom stereocenters. The molecule has 0 saturated carbocycles. The summed E-state index contributed by atoms with van der Waals surface area (Å²) in [5.74, 6) is -0.475. The number of nitrogens with zero attached hydrogens (tertiary/aromatic N) is 1. The molecule has 0 aliphatic heterocycles. The Labute approximate surface area is 202 Å². The van der Waals surface area contributed by atoms with Crippen molar-refractivity contribution >= 4 is 45.4 Å². The van der Waals surface area contributed by atoms with Crippen molar-refractivity contribution in [3.05, 3.63) is 87.4 Å². The number of hydrazone groups is 1. The maximum atomic E-state index is 12.7. The molecule has 0 aliphatic rings. The van der Waals surface area contributed by atoms with Crippen molar-refractivity contribution in [2.45, 2.75) is 18.7 Å². The fourth-order valence-electron chi connectivity index (χ4n) is 2.73. The van der Waals surface area contributed by atoms with E-state index in [-0.39, 0.29) is 28.0 Å². The Morgan fingerprint density at radius 2 is 1.82 bits per heavy atom. The van der Waals surface area contributed by atoms with Crippen LogP contribution in [0.15, 0.2) is 70.7 Å². The Bertz CT molecular complexity index is 1290. The molecule has 0 aliphatic carbocycles. The Balaban J connectivity index is 1.82. The van der Waals surface area contributed by atoms with Gasteiger partial charge in [0.2, 0.25) is 5.75 Å². The van der Waals surface area contributed by atoms with Crippen molar-refractivity contribution < 1.29 is 22.1 Å². The molecule has 0 spiro atoms. The van der Waals surface area contributed by atoms with Gasteiger partial charge in [-0.25, -0.2) is 5.43 Å². The zero-order valence-electron chi connectivity index (χ0n) is 17.7. The van der Waals surface area contributed by atoms with Crippen molar-refractivity contribution in [2.24, 2.45) is 5.10 Å². The summed E-state index contributed by atoms with van der Waals surface area (Å²) < 4.78 is 36.2. The van der Waals surface area contributed by atoms with Gasteiger partial charge in [0.15, 0.2) is 5.75 Å². The average Bonchev–Trinajstić information content (AvgIpc) is 2.76. The normalized spacial score (nSPS) is 11.4. The molecular weight excluding hydrogens is 487 g/mol. The van der Waals surface area contributed by atoms with Gasteiger partial charge in [-0.2, -0.15) is 13.5 Å². The molecule has 0 saturated heterocycles. The summed E-state index contributed by atoms with van der Waals surface area (Å²) in [7, 11) is -4.13. The van der Waals surface area contributed by atoms with E-state index < -0.39 is 16.0 Å². The van der Waals surface area contributed by atoms with E-state index in [1.54, 1.807) is 37.3 Å². The van der Waals surface area contributed by atoms with E-state index in [4.69, 9.17) is 32.1 Å². The van der Waals surface area contributed by atoms with Gasteiger partial charge in [-0.15, -0.1) is 0 Å². The van der Waals surface area contributed by atoms with Gasteiger partial charge in [0, 0.05) is 10.6 Å². The van der Waals surface area contributed by atoms with E-state index in [0.717, 1.165) is 5.56 Å². The van der Waals surface area contributed by atoms with E-state index in [1.165, 1.54) is 36.5 Å². The minimum Gasteiger partial charge on any atom is -0.490 e. The highest BCUT2D eigenvalue weighted by Crippen LogP contribution is 2.38. The summed E-state index contributed by atoms with van der Waals surface area (Å²) in [6.07, 6.45) is 1.34. The average molecular weight is 507 g/mol. The predicted molar refractivity (Wildman–Crippen MR) is 128 cm³/mol. The SMILES string of the molecule is CCOc1cc(/C=N\NC(=O)c2cccc(Cl)c2)cc(Cl)c1OS(=O)(=O)c1ccc(C)cc1. The molecule has 33 heavy (non-hydrogen) atoms. The van der Waals surface area contributed by atoms with Crippen LogP contribution in [0.25, 0.3) is 0 Å². The second-order valence-electron chi connectivity index (χ2n) is 6.82. The standard InChI is InChI=1S/C23H20Cl2N2O5S/c1-3-31-21-12-16(14-26-27-23(28)17-5-4-6-18(24)13-17)11-20(25)22(21)32-33(29,30)19-9-7-15(2)8-10-19/h4-14H,3H2,1-2H3,(H,27,28)/b26-14-. The molecule has 3 aromatic rings. The summed E-state index contributed by atoms with van der Waals surface area (Å²) in [5.41, 5.74) is 4.09. The van der Waals surface area contributed by atoms with Crippen molar-refractivity contribution in [3.8, 4) is 11.5 Å². The zero-order valence-corrected chi connectivity index (χ0v) is 20.0. The predicted octanol–water partition coefficient (Wildman–Crippen LogP) is 5.23. The highest BCUT2D eigenvalue weighted by atomic mass is 35.5. The van der Waals surface area contributed by atoms with Gasteiger partial charge in [0.05, 0.1) is 17.8 Å². The summed E-state index contributed by atoms with van der Waals surface area (Å²) in [6, 6.07) is 15.6. The van der Waals surface area contributed by atoms with Crippen molar-refractivity contribution in [2.75, 3.05) is 6.61 Å².